The SMILES string of the molecule is Cc1cnc(C(C)Nc2ncc(C(=O)N3CCOCC3)cc2Cl)s1. The number of aromatic nitrogens is 2. The monoisotopic (exact) mass is 366 g/mol. The lowest BCUT2D eigenvalue weighted by atomic mass is 10.2. The lowest BCUT2D eigenvalue weighted by Crippen LogP contribution is -2.40. The molecular weight excluding hydrogens is 348 g/mol. The lowest BCUT2D eigenvalue weighted by Gasteiger charge is -2.26. The fourth-order valence-corrected chi connectivity index (χ4v) is 3.45. The topological polar surface area (TPSA) is 67.4 Å². The minimum atomic E-state index is -0.0668. The van der Waals surface area contributed by atoms with Gasteiger partial charge >= 0.3 is 0 Å². The Morgan fingerprint density at radius 1 is 1.38 bits per heavy atom. The van der Waals surface area contributed by atoms with Crippen molar-refractivity contribution in [1.82, 2.24) is 14.9 Å². The van der Waals surface area contributed by atoms with Gasteiger partial charge in [0.2, 0.25) is 0 Å². The first kappa shape index (κ1) is 17.1. The van der Waals surface area contributed by atoms with E-state index in [0.717, 1.165) is 9.88 Å². The Morgan fingerprint density at radius 3 is 2.75 bits per heavy atom. The van der Waals surface area contributed by atoms with Crippen molar-refractivity contribution in [3.05, 3.63) is 38.9 Å². The Kier molecular flexibility index (Phi) is 5.33. The van der Waals surface area contributed by atoms with Gasteiger partial charge in [0.05, 0.1) is 29.8 Å². The van der Waals surface area contributed by atoms with Crippen LogP contribution in [-0.2, 0) is 4.74 Å². The third-order valence-corrected chi connectivity index (χ3v) is 5.13. The van der Waals surface area contributed by atoms with E-state index in [1.54, 1.807) is 28.5 Å². The maximum atomic E-state index is 12.5. The number of hydrogen-bond donors (Lipinski definition) is 1. The summed E-state index contributed by atoms with van der Waals surface area (Å²) in [6, 6.07) is 1.66. The summed E-state index contributed by atoms with van der Waals surface area (Å²) >= 11 is 7.94. The van der Waals surface area contributed by atoms with E-state index in [1.165, 1.54) is 0 Å². The molecule has 1 amide bonds. The molecule has 1 fully saturated rings. The highest BCUT2D eigenvalue weighted by Crippen LogP contribution is 2.27. The lowest BCUT2D eigenvalue weighted by molar-refractivity contribution is 0.0302. The summed E-state index contributed by atoms with van der Waals surface area (Å²) in [6.07, 6.45) is 3.41. The Labute approximate surface area is 149 Å². The van der Waals surface area contributed by atoms with Crippen molar-refractivity contribution >= 4 is 34.7 Å². The molecule has 0 spiro atoms. The third-order valence-electron chi connectivity index (χ3n) is 3.75. The number of nitrogens with one attached hydrogen (secondary N) is 1. The van der Waals surface area contributed by atoms with E-state index in [4.69, 9.17) is 16.3 Å². The number of carbonyl (C=O) groups is 1. The van der Waals surface area contributed by atoms with Gasteiger partial charge in [0.1, 0.15) is 10.8 Å². The van der Waals surface area contributed by atoms with E-state index in [0.29, 0.717) is 42.7 Å². The van der Waals surface area contributed by atoms with Crippen molar-refractivity contribution in [2.45, 2.75) is 19.9 Å². The number of halogens is 1. The summed E-state index contributed by atoms with van der Waals surface area (Å²) in [5.74, 6) is 0.485. The zero-order valence-corrected chi connectivity index (χ0v) is 15.2. The number of anilines is 1. The number of rotatable bonds is 4. The van der Waals surface area contributed by atoms with Crippen molar-refractivity contribution in [3.63, 3.8) is 0 Å². The maximum absolute atomic E-state index is 12.5. The molecule has 3 rings (SSSR count). The molecule has 24 heavy (non-hydrogen) atoms. The van der Waals surface area contributed by atoms with Crippen LogP contribution in [0.2, 0.25) is 5.02 Å². The molecule has 0 aromatic carbocycles. The fraction of sp³-hybridized carbons (Fsp3) is 0.438. The first-order chi connectivity index (χ1) is 11.5. The van der Waals surface area contributed by atoms with Crippen molar-refractivity contribution in [2.24, 2.45) is 0 Å². The first-order valence-corrected chi connectivity index (χ1v) is 8.95. The number of nitrogens with zero attached hydrogens (tertiary/aromatic N) is 3. The second kappa shape index (κ2) is 7.46. The van der Waals surface area contributed by atoms with Gasteiger partial charge < -0.3 is 15.0 Å². The third kappa shape index (κ3) is 3.85. The van der Waals surface area contributed by atoms with Gasteiger partial charge in [0.15, 0.2) is 0 Å². The molecule has 0 bridgehead atoms. The second-order valence-corrected chi connectivity index (χ2v) is 7.31. The van der Waals surface area contributed by atoms with Crippen LogP contribution in [0.3, 0.4) is 0 Å². The van der Waals surface area contributed by atoms with Crippen molar-refractivity contribution in [1.29, 1.82) is 0 Å². The molecule has 0 saturated carbocycles. The van der Waals surface area contributed by atoms with Crippen molar-refractivity contribution in [2.75, 3.05) is 31.6 Å². The number of pyridine rings is 1. The highest BCUT2D eigenvalue weighted by molar-refractivity contribution is 7.11. The van der Waals surface area contributed by atoms with Crippen LogP contribution in [0.25, 0.3) is 0 Å². The molecule has 1 atom stereocenters. The zero-order chi connectivity index (χ0) is 17.1. The molecule has 1 saturated heterocycles. The van der Waals surface area contributed by atoms with Crippen LogP contribution in [0, 0.1) is 6.92 Å². The molecule has 8 heteroatoms. The minimum Gasteiger partial charge on any atom is -0.378 e. The van der Waals surface area contributed by atoms with Crippen molar-refractivity contribution in [3.8, 4) is 0 Å². The highest BCUT2D eigenvalue weighted by atomic mass is 35.5. The molecule has 1 aliphatic rings. The van der Waals surface area contributed by atoms with E-state index >= 15 is 0 Å². The number of aryl methyl sites for hydroxylation is 1. The molecule has 2 aromatic heterocycles. The highest BCUT2D eigenvalue weighted by Gasteiger charge is 2.20. The minimum absolute atomic E-state index is 0.00510. The zero-order valence-electron chi connectivity index (χ0n) is 13.6. The molecule has 3 heterocycles. The summed E-state index contributed by atoms with van der Waals surface area (Å²) in [7, 11) is 0. The maximum Gasteiger partial charge on any atom is 0.255 e. The molecule has 1 N–H and O–H groups in total. The average molecular weight is 367 g/mol. The van der Waals surface area contributed by atoms with Crippen LogP contribution in [0.15, 0.2) is 18.5 Å². The average Bonchev–Trinajstić information content (AvgIpc) is 3.03. The molecular formula is C16H19ClN4O2S. The Morgan fingerprint density at radius 2 is 2.12 bits per heavy atom. The molecule has 1 unspecified atom stereocenters. The Hall–Kier alpha value is -1.70. The normalized spacial score (nSPS) is 16.0. The van der Waals surface area contributed by atoms with Gasteiger partial charge in [-0.3, -0.25) is 4.79 Å². The van der Waals surface area contributed by atoms with E-state index in [9.17, 15) is 4.79 Å². The quantitative estimate of drug-likeness (QED) is 0.900. The summed E-state index contributed by atoms with van der Waals surface area (Å²) in [6.45, 7) is 6.34. The Bertz CT molecular complexity index is 731. The number of hydrogen-bond acceptors (Lipinski definition) is 6. The molecule has 0 radical (unpaired) electrons. The fourth-order valence-electron chi connectivity index (χ4n) is 2.45. The van der Waals surface area contributed by atoms with Gasteiger partial charge in [-0.25, -0.2) is 9.97 Å². The van der Waals surface area contributed by atoms with Crippen LogP contribution < -0.4 is 5.32 Å². The summed E-state index contributed by atoms with van der Waals surface area (Å²) in [5, 5.41) is 4.64. The number of amides is 1. The predicted molar refractivity (Wildman–Crippen MR) is 94.9 cm³/mol. The first-order valence-electron chi connectivity index (χ1n) is 7.76. The standard InChI is InChI=1S/C16H19ClN4O2S/c1-10-8-19-15(24-10)11(2)20-14-13(17)7-12(9-18-14)16(22)21-3-5-23-6-4-21/h7-9,11H,3-6H2,1-2H3,(H,18,20). The predicted octanol–water partition coefficient (Wildman–Crippen LogP) is 3.15. The molecule has 1 aliphatic heterocycles. The number of thiazole rings is 1. The molecule has 2 aromatic rings. The summed E-state index contributed by atoms with van der Waals surface area (Å²) in [4.78, 5) is 24.0. The van der Waals surface area contributed by atoms with Crippen LogP contribution in [0.4, 0.5) is 5.82 Å². The van der Waals surface area contributed by atoms with E-state index in [-0.39, 0.29) is 11.9 Å². The largest absolute Gasteiger partial charge is 0.378 e. The molecule has 0 aliphatic carbocycles. The molecule has 6 nitrogen and oxygen atoms in total. The molecule has 128 valence electrons. The van der Waals surface area contributed by atoms with Gasteiger partial charge in [0.25, 0.3) is 5.91 Å². The number of ether oxygens (including phenoxy) is 1. The van der Waals surface area contributed by atoms with Gasteiger partial charge in [-0.15, -0.1) is 11.3 Å². The van der Waals surface area contributed by atoms with E-state index in [2.05, 4.69) is 15.3 Å². The van der Waals surface area contributed by atoms with Crippen LogP contribution >= 0.6 is 22.9 Å². The van der Waals surface area contributed by atoms with Crippen LogP contribution in [0.5, 0.6) is 0 Å². The summed E-state index contributed by atoms with van der Waals surface area (Å²) < 4.78 is 5.27. The van der Waals surface area contributed by atoms with Crippen LogP contribution in [-0.4, -0.2) is 47.1 Å². The van der Waals surface area contributed by atoms with Gasteiger partial charge in [0, 0.05) is 30.4 Å². The van der Waals surface area contributed by atoms with Gasteiger partial charge in [-0.05, 0) is 19.9 Å². The number of carbonyl (C=O) groups excluding carboxylic acids is 1. The summed E-state index contributed by atoms with van der Waals surface area (Å²) in [5.41, 5.74) is 0.491. The smallest absolute Gasteiger partial charge is 0.255 e. The van der Waals surface area contributed by atoms with E-state index < -0.39 is 0 Å². The van der Waals surface area contributed by atoms with E-state index in [1.807, 2.05) is 20.0 Å². The van der Waals surface area contributed by atoms with Gasteiger partial charge in [-0.2, -0.15) is 0 Å². The second-order valence-electron chi connectivity index (χ2n) is 5.63. The van der Waals surface area contributed by atoms with Gasteiger partial charge in [-0.1, -0.05) is 11.6 Å². The van der Waals surface area contributed by atoms with Crippen LogP contribution in [0.1, 0.15) is 33.2 Å². The van der Waals surface area contributed by atoms with Crippen molar-refractivity contribution < 1.29 is 9.53 Å². The number of morpholine rings is 1. The Balaban J connectivity index is 1.71.